The molecule has 0 unspecified atom stereocenters. The molecule has 48 heavy (non-hydrogen) atoms. The molecule has 4 saturated carbocycles. The molecule has 4 saturated heterocycles. The van der Waals surface area contributed by atoms with Gasteiger partial charge in [0.25, 0.3) is 0 Å². The van der Waals surface area contributed by atoms with Crippen LogP contribution >= 0.6 is 0 Å². The lowest BCUT2D eigenvalue weighted by molar-refractivity contribution is -0.346. The van der Waals surface area contributed by atoms with Crippen molar-refractivity contribution in [2.75, 3.05) is 6.61 Å². The van der Waals surface area contributed by atoms with E-state index in [0.29, 0.717) is 24.2 Å². The second kappa shape index (κ2) is 10.6. The monoisotopic (exact) mass is 678 g/mol. The Morgan fingerprint density at radius 2 is 1.52 bits per heavy atom. The van der Waals surface area contributed by atoms with E-state index in [4.69, 9.17) is 28.4 Å². The molecule has 0 bridgehead atoms. The van der Waals surface area contributed by atoms with Gasteiger partial charge in [0.1, 0.15) is 36.1 Å². The van der Waals surface area contributed by atoms with Gasteiger partial charge >= 0.3 is 5.97 Å². The van der Waals surface area contributed by atoms with Gasteiger partial charge in [0.05, 0.1) is 18.8 Å². The molecule has 272 valence electrons. The maximum atomic E-state index is 12.9. The summed E-state index contributed by atoms with van der Waals surface area (Å²) in [7, 11) is 0. The van der Waals surface area contributed by atoms with E-state index in [-0.39, 0.29) is 70.5 Å². The second-order valence-electron chi connectivity index (χ2n) is 18.7. The summed E-state index contributed by atoms with van der Waals surface area (Å²) >= 11 is 0. The van der Waals surface area contributed by atoms with Gasteiger partial charge in [-0.3, -0.25) is 4.79 Å². The summed E-state index contributed by atoms with van der Waals surface area (Å²) in [5.41, 5.74) is -1.57. The van der Waals surface area contributed by atoms with E-state index in [2.05, 4.69) is 41.5 Å². The molecule has 0 radical (unpaired) electrons. The predicted molar refractivity (Wildman–Crippen MR) is 170 cm³/mol. The standard InChI is InChI=1S/C37H58O11/c1-17-13-37(30-36(8,47-30)31(42)48-37)46-22-14-34(6)23-11-9-19-20(33(23,5)15-25(44-18(2)38)35(34,7)26(17)22)10-12-24(32(19,3)4)45-29-28(41)27(40)21(39)16-43-29/h17,19-31,39-42H,9-16H2,1-8H3/t17-,19-,20-,21-,22+,23-,24+,25-,26+,27+,28-,29+,30-,31+,33+,34+,35-,36-,37-/m1/s1. The topological polar surface area (TPSA) is 157 Å². The highest BCUT2D eigenvalue weighted by atomic mass is 16.8. The summed E-state index contributed by atoms with van der Waals surface area (Å²) in [6.45, 7) is 17.4. The minimum atomic E-state index is -1.32. The van der Waals surface area contributed by atoms with Gasteiger partial charge in [0, 0.05) is 18.8 Å². The van der Waals surface area contributed by atoms with Crippen molar-refractivity contribution < 1.29 is 53.6 Å². The Labute approximate surface area is 284 Å². The van der Waals surface area contributed by atoms with Gasteiger partial charge in [-0.1, -0.05) is 41.5 Å². The van der Waals surface area contributed by atoms with Crippen LogP contribution < -0.4 is 0 Å². The first-order chi connectivity index (χ1) is 22.3. The minimum absolute atomic E-state index is 0.0815. The van der Waals surface area contributed by atoms with Crippen molar-refractivity contribution in [2.24, 2.45) is 51.2 Å². The van der Waals surface area contributed by atoms with Crippen molar-refractivity contribution in [3.63, 3.8) is 0 Å². The van der Waals surface area contributed by atoms with Crippen LogP contribution in [0.4, 0.5) is 0 Å². The van der Waals surface area contributed by atoms with Gasteiger partial charge in [-0.2, -0.15) is 0 Å². The SMILES string of the molecule is CC(=O)O[C@@H]1C[C@@]2(C)[C@@H]3CC[C@H](O[C@@H]4OC[C@@H](O)[C@H](O)[C@H]4O)C(C)(C)[C@@H]3CC[C@H]2[C@]2(C)C[C@@H]3O[C@]4(C[C@@H](C)[C@@H]3[C@@]12C)O[C@H](O)[C@]1(C)O[C@@H]41. The maximum absolute atomic E-state index is 12.9. The molecule has 0 aromatic rings. The van der Waals surface area contributed by atoms with E-state index in [1.165, 1.54) is 6.92 Å². The third kappa shape index (κ3) is 4.29. The number of rotatable bonds is 3. The minimum Gasteiger partial charge on any atom is -0.462 e. The Kier molecular flexibility index (Phi) is 7.55. The van der Waals surface area contributed by atoms with Crippen LogP contribution in [0.15, 0.2) is 0 Å². The first-order valence-electron chi connectivity index (χ1n) is 18.5. The summed E-state index contributed by atoms with van der Waals surface area (Å²) in [6.07, 6.45) is -0.588. The van der Waals surface area contributed by atoms with E-state index in [1.54, 1.807) is 0 Å². The number of epoxide rings is 1. The fourth-order valence-corrected chi connectivity index (χ4v) is 13.7. The van der Waals surface area contributed by atoms with Crippen LogP contribution in [-0.2, 0) is 33.2 Å². The molecule has 8 aliphatic rings. The summed E-state index contributed by atoms with van der Waals surface area (Å²) in [6, 6.07) is 0. The number of hydrogen-bond acceptors (Lipinski definition) is 11. The zero-order valence-electron chi connectivity index (χ0n) is 29.9. The number of carbonyl (C=O) groups excluding carboxylic acids is 1. The van der Waals surface area contributed by atoms with Crippen LogP contribution in [-0.4, -0.2) is 99.7 Å². The van der Waals surface area contributed by atoms with E-state index < -0.39 is 42.3 Å². The van der Waals surface area contributed by atoms with Crippen LogP contribution in [0.2, 0.25) is 0 Å². The Morgan fingerprint density at radius 3 is 2.17 bits per heavy atom. The van der Waals surface area contributed by atoms with Crippen LogP contribution in [0.5, 0.6) is 0 Å². The number of fused-ring (bicyclic) bond motifs is 9. The van der Waals surface area contributed by atoms with Crippen LogP contribution in [0.3, 0.4) is 0 Å². The second-order valence-corrected chi connectivity index (χ2v) is 18.7. The number of esters is 1. The van der Waals surface area contributed by atoms with Crippen molar-refractivity contribution in [3.8, 4) is 0 Å². The molecule has 11 heteroatoms. The highest BCUT2D eigenvalue weighted by Gasteiger charge is 2.81. The normalized spacial score (nSPS) is 61.1. The maximum Gasteiger partial charge on any atom is 0.302 e. The molecule has 8 fully saturated rings. The number of ether oxygens (including phenoxy) is 6. The zero-order chi connectivity index (χ0) is 34.6. The third-order valence-electron chi connectivity index (χ3n) is 16.1. The molecule has 4 heterocycles. The molecule has 0 amide bonds. The van der Waals surface area contributed by atoms with Crippen LogP contribution in [0.25, 0.3) is 0 Å². The fourth-order valence-electron chi connectivity index (χ4n) is 13.7. The molecule has 8 rings (SSSR count). The lowest BCUT2D eigenvalue weighted by Gasteiger charge is -2.69. The summed E-state index contributed by atoms with van der Waals surface area (Å²) in [5.74, 6) is 0.239. The molecule has 4 aliphatic carbocycles. The highest BCUT2D eigenvalue weighted by molar-refractivity contribution is 5.66. The Balaban J connectivity index is 1.10. The van der Waals surface area contributed by atoms with Gasteiger partial charge < -0.3 is 48.8 Å². The average Bonchev–Trinajstić information content (AvgIpc) is 3.59. The summed E-state index contributed by atoms with van der Waals surface area (Å²) in [4.78, 5) is 12.9. The van der Waals surface area contributed by atoms with E-state index >= 15 is 0 Å². The van der Waals surface area contributed by atoms with Gasteiger partial charge in [-0.15, -0.1) is 0 Å². The fraction of sp³-hybridized carbons (Fsp3) is 0.973. The first kappa shape index (κ1) is 34.2. The van der Waals surface area contributed by atoms with Crippen molar-refractivity contribution in [1.82, 2.24) is 0 Å². The zero-order valence-corrected chi connectivity index (χ0v) is 29.9. The van der Waals surface area contributed by atoms with Crippen molar-refractivity contribution in [2.45, 2.75) is 167 Å². The molecule has 1 spiro atoms. The lowest BCUT2D eigenvalue weighted by Crippen LogP contribution is -2.67. The van der Waals surface area contributed by atoms with E-state index in [1.807, 2.05) is 6.92 Å². The Morgan fingerprint density at radius 1 is 0.812 bits per heavy atom. The van der Waals surface area contributed by atoms with E-state index in [0.717, 1.165) is 38.5 Å². The molecule has 4 aliphatic heterocycles. The van der Waals surface area contributed by atoms with Gasteiger partial charge in [0.15, 0.2) is 12.6 Å². The molecule has 0 aromatic carbocycles. The summed E-state index contributed by atoms with van der Waals surface area (Å²) < 4.78 is 37.8. The number of hydrogen-bond donors (Lipinski definition) is 4. The lowest BCUT2D eigenvalue weighted by atomic mass is 9.36. The molecule has 11 nitrogen and oxygen atoms in total. The number of aliphatic hydroxyl groups excluding tert-OH is 4. The van der Waals surface area contributed by atoms with Crippen molar-refractivity contribution >= 4 is 5.97 Å². The van der Waals surface area contributed by atoms with Crippen molar-refractivity contribution in [1.29, 1.82) is 0 Å². The van der Waals surface area contributed by atoms with Gasteiger partial charge in [-0.05, 0) is 91.3 Å². The predicted octanol–water partition coefficient (Wildman–Crippen LogP) is 3.27. The third-order valence-corrected chi connectivity index (χ3v) is 16.1. The average molecular weight is 679 g/mol. The summed E-state index contributed by atoms with van der Waals surface area (Å²) in [5, 5.41) is 41.7. The molecule has 19 atom stereocenters. The highest BCUT2D eigenvalue weighted by Crippen LogP contribution is 2.78. The van der Waals surface area contributed by atoms with E-state index in [9.17, 15) is 25.2 Å². The quantitative estimate of drug-likeness (QED) is 0.197. The van der Waals surface area contributed by atoms with Crippen molar-refractivity contribution in [3.05, 3.63) is 0 Å². The smallest absolute Gasteiger partial charge is 0.302 e. The number of carbonyl (C=O) groups is 1. The Bertz CT molecular complexity index is 1330. The first-order valence-corrected chi connectivity index (χ1v) is 18.5. The molecular formula is C37H58O11. The largest absolute Gasteiger partial charge is 0.462 e. The molecule has 0 aromatic heterocycles. The Hall–Kier alpha value is -0.890. The molecule has 4 N–H and O–H groups in total. The van der Waals surface area contributed by atoms with Crippen LogP contribution in [0, 0.1) is 51.2 Å². The molecular weight excluding hydrogens is 620 g/mol. The number of aliphatic hydroxyl groups is 4. The van der Waals surface area contributed by atoms with Gasteiger partial charge in [-0.25, -0.2) is 0 Å². The van der Waals surface area contributed by atoms with Gasteiger partial charge in [0.2, 0.25) is 5.79 Å². The van der Waals surface area contributed by atoms with Crippen LogP contribution in [0.1, 0.15) is 100 Å².